The number of hydrogen-bond donors (Lipinski definition) is 1. The van der Waals surface area contributed by atoms with Crippen molar-refractivity contribution in [2.45, 2.75) is 23.7 Å². The van der Waals surface area contributed by atoms with Crippen molar-refractivity contribution in [3.8, 4) is 0 Å². The molecular formula is C19H22N2O4S. The summed E-state index contributed by atoms with van der Waals surface area (Å²) >= 11 is 0. The standard InChI is InChI=1S/C19H22N2O4S/c1-25-10-3-11-26(23,24)16-7-5-15(6-8-16)21-19(22)18-12-17(18)14-4-2-9-20-13-14/h2,4-9,13,17-18H,3,10-12H2,1H3,(H,21,22). The highest BCUT2D eigenvalue weighted by Gasteiger charge is 2.44. The summed E-state index contributed by atoms with van der Waals surface area (Å²) in [6.45, 7) is 0.410. The molecular weight excluding hydrogens is 352 g/mol. The van der Waals surface area contributed by atoms with Gasteiger partial charge in [-0.25, -0.2) is 8.42 Å². The number of anilines is 1. The van der Waals surface area contributed by atoms with Crippen molar-refractivity contribution < 1.29 is 17.9 Å². The molecule has 1 heterocycles. The quantitative estimate of drug-likeness (QED) is 0.718. The number of aromatic nitrogens is 1. The molecule has 2 unspecified atom stereocenters. The summed E-state index contributed by atoms with van der Waals surface area (Å²) in [6.07, 6.45) is 4.77. The van der Waals surface area contributed by atoms with Gasteiger partial charge in [0.05, 0.1) is 10.6 Å². The van der Waals surface area contributed by atoms with E-state index in [1.807, 2.05) is 12.1 Å². The Kier molecular flexibility index (Phi) is 5.68. The van der Waals surface area contributed by atoms with Gasteiger partial charge in [0.25, 0.3) is 0 Å². The lowest BCUT2D eigenvalue weighted by Gasteiger charge is -2.08. The smallest absolute Gasteiger partial charge is 0.228 e. The van der Waals surface area contributed by atoms with Gasteiger partial charge in [-0.2, -0.15) is 0 Å². The van der Waals surface area contributed by atoms with Crippen LogP contribution in [0, 0.1) is 5.92 Å². The number of carbonyl (C=O) groups is 1. The maximum Gasteiger partial charge on any atom is 0.228 e. The van der Waals surface area contributed by atoms with Crippen LogP contribution in [0.2, 0.25) is 0 Å². The van der Waals surface area contributed by atoms with Crippen LogP contribution in [-0.2, 0) is 19.4 Å². The van der Waals surface area contributed by atoms with E-state index in [0.717, 1.165) is 12.0 Å². The van der Waals surface area contributed by atoms with E-state index in [9.17, 15) is 13.2 Å². The molecule has 2 aromatic rings. The zero-order valence-electron chi connectivity index (χ0n) is 14.6. The lowest BCUT2D eigenvalue weighted by Crippen LogP contribution is -2.15. The molecule has 1 aromatic heterocycles. The van der Waals surface area contributed by atoms with Gasteiger partial charge < -0.3 is 10.1 Å². The summed E-state index contributed by atoms with van der Waals surface area (Å²) in [7, 11) is -1.78. The average Bonchev–Trinajstić information content (AvgIpc) is 3.44. The number of nitrogens with zero attached hydrogens (tertiary/aromatic N) is 1. The van der Waals surface area contributed by atoms with Crippen LogP contribution in [0.25, 0.3) is 0 Å². The Balaban J connectivity index is 1.57. The van der Waals surface area contributed by atoms with E-state index in [4.69, 9.17) is 4.74 Å². The van der Waals surface area contributed by atoms with Crippen molar-refractivity contribution in [1.29, 1.82) is 0 Å². The Hall–Kier alpha value is -2.25. The lowest BCUT2D eigenvalue weighted by molar-refractivity contribution is -0.117. The fourth-order valence-electron chi connectivity index (χ4n) is 2.94. The number of carbonyl (C=O) groups excluding carboxylic acids is 1. The van der Waals surface area contributed by atoms with Gasteiger partial charge in [-0.1, -0.05) is 6.07 Å². The average molecular weight is 374 g/mol. The van der Waals surface area contributed by atoms with Crippen molar-refractivity contribution in [2.24, 2.45) is 5.92 Å². The summed E-state index contributed by atoms with van der Waals surface area (Å²) in [5, 5.41) is 2.86. The van der Waals surface area contributed by atoms with E-state index >= 15 is 0 Å². The largest absolute Gasteiger partial charge is 0.385 e. The van der Waals surface area contributed by atoms with Crippen LogP contribution in [0.15, 0.2) is 53.7 Å². The summed E-state index contributed by atoms with van der Waals surface area (Å²) in [4.78, 5) is 16.7. The van der Waals surface area contributed by atoms with Crippen LogP contribution in [0.1, 0.15) is 24.3 Å². The minimum absolute atomic E-state index is 0.0431. The van der Waals surface area contributed by atoms with Gasteiger partial charge in [0, 0.05) is 37.7 Å². The molecule has 1 N–H and O–H groups in total. The van der Waals surface area contributed by atoms with Crippen LogP contribution in [0.4, 0.5) is 5.69 Å². The minimum atomic E-state index is -3.33. The molecule has 1 aliphatic carbocycles. The predicted molar refractivity (Wildman–Crippen MR) is 98.7 cm³/mol. The van der Waals surface area contributed by atoms with Gasteiger partial charge in [-0.15, -0.1) is 0 Å². The van der Waals surface area contributed by atoms with Gasteiger partial charge in [-0.3, -0.25) is 9.78 Å². The molecule has 1 aliphatic rings. The second kappa shape index (κ2) is 7.97. The second-order valence-electron chi connectivity index (χ2n) is 6.41. The third-order valence-corrected chi connectivity index (χ3v) is 6.30. The third kappa shape index (κ3) is 4.47. The Morgan fingerprint density at radius 2 is 2.04 bits per heavy atom. The third-order valence-electron chi connectivity index (χ3n) is 4.48. The van der Waals surface area contributed by atoms with E-state index in [0.29, 0.717) is 18.7 Å². The first-order valence-corrected chi connectivity index (χ1v) is 10.2. The molecule has 0 spiro atoms. The molecule has 0 radical (unpaired) electrons. The first-order valence-electron chi connectivity index (χ1n) is 8.54. The highest BCUT2D eigenvalue weighted by atomic mass is 32.2. The van der Waals surface area contributed by atoms with Crippen molar-refractivity contribution >= 4 is 21.4 Å². The summed E-state index contributed by atoms with van der Waals surface area (Å²) in [5.41, 5.74) is 1.67. The molecule has 2 atom stereocenters. The molecule has 1 aromatic carbocycles. The monoisotopic (exact) mass is 374 g/mol. The van der Waals surface area contributed by atoms with E-state index in [-0.39, 0.29) is 28.4 Å². The summed E-state index contributed by atoms with van der Waals surface area (Å²) < 4.78 is 29.3. The Bertz CT molecular complexity index is 851. The number of ether oxygens (including phenoxy) is 1. The first kappa shape index (κ1) is 18.5. The van der Waals surface area contributed by atoms with Crippen LogP contribution in [0.5, 0.6) is 0 Å². The molecule has 138 valence electrons. The number of methoxy groups -OCH3 is 1. The van der Waals surface area contributed by atoms with Crippen LogP contribution < -0.4 is 5.32 Å². The van der Waals surface area contributed by atoms with Crippen LogP contribution >= 0.6 is 0 Å². The first-order chi connectivity index (χ1) is 12.5. The molecule has 26 heavy (non-hydrogen) atoms. The Labute approximate surface area is 153 Å². The highest BCUT2D eigenvalue weighted by molar-refractivity contribution is 7.91. The van der Waals surface area contributed by atoms with Gasteiger partial charge in [-0.05, 0) is 54.7 Å². The van der Waals surface area contributed by atoms with E-state index < -0.39 is 9.84 Å². The summed E-state index contributed by atoms with van der Waals surface area (Å²) in [5.74, 6) is 0.150. The number of benzene rings is 1. The zero-order chi connectivity index (χ0) is 18.6. The topological polar surface area (TPSA) is 85.4 Å². The van der Waals surface area contributed by atoms with Crippen molar-refractivity contribution in [1.82, 2.24) is 4.98 Å². The molecule has 3 rings (SSSR count). The van der Waals surface area contributed by atoms with Crippen LogP contribution in [-0.4, -0.2) is 38.8 Å². The highest BCUT2D eigenvalue weighted by Crippen LogP contribution is 2.47. The van der Waals surface area contributed by atoms with Crippen molar-refractivity contribution in [2.75, 3.05) is 24.8 Å². The molecule has 1 saturated carbocycles. The van der Waals surface area contributed by atoms with Gasteiger partial charge in [0.1, 0.15) is 0 Å². The number of amides is 1. The fourth-order valence-corrected chi connectivity index (χ4v) is 4.22. The number of sulfone groups is 1. The van der Waals surface area contributed by atoms with E-state index in [2.05, 4.69) is 10.3 Å². The van der Waals surface area contributed by atoms with E-state index in [1.165, 1.54) is 12.1 Å². The molecule has 0 bridgehead atoms. The zero-order valence-corrected chi connectivity index (χ0v) is 15.4. The second-order valence-corrected chi connectivity index (χ2v) is 8.52. The molecule has 0 aliphatic heterocycles. The van der Waals surface area contributed by atoms with E-state index in [1.54, 1.807) is 31.6 Å². The minimum Gasteiger partial charge on any atom is -0.385 e. The molecule has 0 saturated heterocycles. The maximum atomic E-state index is 12.4. The van der Waals surface area contributed by atoms with Crippen molar-refractivity contribution in [3.05, 3.63) is 54.4 Å². The SMILES string of the molecule is COCCCS(=O)(=O)c1ccc(NC(=O)C2CC2c2cccnc2)cc1. The lowest BCUT2D eigenvalue weighted by atomic mass is 10.1. The number of hydrogen-bond acceptors (Lipinski definition) is 5. The number of rotatable bonds is 8. The normalized spacial score (nSPS) is 19.1. The summed E-state index contributed by atoms with van der Waals surface area (Å²) in [6, 6.07) is 10.2. The Morgan fingerprint density at radius 3 is 2.69 bits per heavy atom. The molecule has 6 nitrogen and oxygen atoms in total. The van der Waals surface area contributed by atoms with Crippen molar-refractivity contribution in [3.63, 3.8) is 0 Å². The maximum absolute atomic E-state index is 12.4. The fraction of sp³-hybridized carbons (Fsp3) is 0.368. The molecule has 7 heteroatoms. The Morgan fingerprint density at radius 1 is 1.27 bits per heavy atom. The van der Waals surface area contributed by atoms with Crippen LogP contribution in [0.3, 0.4) is 0 Å². The van der Waals surface area contributed by atoms with Gasteiger partial charge in [0.15, 0.2) is 9.84 Å². The van der Waals surface area contributed by atoms with Gasteiger partial charge in [0.2, 0.25) is 5.91 Å². The molecule has 1 fully saturated rings. The molecule has 1 amide bonds. The van der Waals surface area contributed by atoms with Gasteiger partial charge >= 0.3 is 0 Å². The predicted octanol–water partition coefficient (Wildman–Crippen LogP) is 2.63. The number of nitrogens with one attached hydrogen (secondary N) is 1. The number of pyridine rings is 1.